The number of hydrogen-bond donors (Lipinski definition) is 2. The van der Waals surface area contributed by atoms with Crippen LogP contribution in [0.5, 0.6) is 5.75 Å². The quantitative estimate of drug-likeness (QED) is 0.491. The van der Waals surface area contributed by atoms with E-state index in [9.17, 15) is 14.4 Å². The minimum atomic E-state index is -0.716. The van der Waals surface area contributed by atoms with Crippen LogP contribution in [0.25, 0.3) is 0 Å². The molecule has 2 N–H and O–H groups in total. The molecule has 2 rings (SSSR count). The lowest BCUT2D eigenvalue weighted by molar-refractivity contribution is -0.123. The number of nitrogens with zero attached hydrogens (tertiary/aromatic N) is 1. The summed E-state index contributed by atoms with van der Waals surface area (Å²) >= 11 is 1.51. The predicted octanol–water partition coefficient (Wildman–Crippen LogP) is 2.81. The van der Waals surface area contributed by atoms with Crippen molar-refractivity contribution >= 4 is 29.2 Å². The van der Waals surface area contributed by atoms with Crippen LogP contribution in [0.15, 0.2) is 29.6 Å². The minimum Gasteiger partial charge on any atom is -0.486 e. The largest absolute Gasteiger partial charge is 0.486 e. The summed E-state index contributed by atoms with van der Waals surface area (Å²) in [6.45, 7) is 4.00. The number of para-hydroxylation sites is 1. The first-order valence-corrected chi connectivity index (χ1v) is 9.75. The Labute approximate surface area is 167 Å². The Kier molecular flexibility index (Phi) is 8.41. The highest BCUT2D eigenvalue weighted by Crippen LogP contribution is 2.20. The molecule has 0 spiro atoms. The first-order valence-electron chi connectivity index (χ1n) is 8.87. The van der Waals surface area contributed by atoms with Gasteiger partial charge in [-0.1, -0.05) is 25.5 Å². The zero-order valence-corrected chi connectivity index (χ0v) is 16.6. The van der Waals surface area contributed by atoms with Crippen molar-refractivity contribution in [3.8, 4) is 5.75 Å². The van der Waals surface area contributed by atoms with E-state index in [2.05, 4.69) is 15.6 Å². The van der Waals surface area contributed by atoms with Gasteiger partial charge in [0.05, 0.1) is 10.7 Å². The van der Waals surface area contributed by atoms with E-state index in [4.69, 9.17) is 9.47 Å². The zero-order chi connectivity index (χ0) is 20.4. The summed E-state index contributed by atoms with van der Waals surface area (Å²) in [6, 6.07) is 5.96. The molecule has 0 radical (unpaired) electrons. The van der Waals surface area contributed by atoms with Gasteiger partial charge in [0.25, 0.3) is 5.91 Å². The third-order valence-electron chi connectivity index (χ3n) is 3.55. The average molecular weight is 405 g/mol. The van der Waals surface area contributed by atoms with Crippen LogP contribution in [0.2, 0.25) is 0 Å². The number of aromatic nitrogens is 1. The summed E-state index contributed by atoms with van der Waals surface area (Å²) in [5, 5.41) is 7.45. The van der Waals surface area contributed by atoms with Gasteiger partial charge in [0.2, 0.25) is 0 Å². The van der Waals surface area contributed by atoms with E-state index in [1.807, 2.05) is 19.2 Å². The number of aryl methyl sites for hydroxylation is 1. The number of carbonyl (C=O) groups is 3. The second-order valence-electron chi connectivity index (χ2n) is 5.88. The van der Waals surface area contributed by atoms with Gasteiger partial charge in [0.1, 0.15) is 17.9 Å². The Hall–Kier alpha value is -2.94. The number of urea groups is 1. The molecule has 1 aromatic carbocycles. The molecule has 28 heavy (non-hydrogen) atoms. The molecule has 0 aliphatic carbocycles. The smallest absolute Gasteiger partial charge is 0.342 e. The van der Waals surface area contributed by atoms with Crippen molar-refractivity contribution in [3.63, 3.8) is 0 Å². The summed E-state index contributed by atoms with van der Waals surface area (Å²) in [5.74, 6) is -1.10. The molecular weight excluding hydrogens is 382 g/mol. The summed E-state index contributed by atoms with van der Waals surface area (Å²) in [4.78, 5) is 39.8. The van der Waals surface area contributed by atoms with E-state index in [0.29, 0.717) is 12.3 Å². The molecule has 1 heterocycles. The standard InChI is InChI=1S/C19H23N3O5S/c1-3-4-9-20-19(25)22-17(23)11-27-18(24)15-7-5-6-8-16(15)26-10-14-12-28-13(2)21-14/h5-8,12H,3-4,9-11H2,1-2H3,(H2,20,22,23,25). The van der Waals surface area contributed by atoms with Crippen LogP contribution in [-0.4, -0.2) is 36.0 Å². The van der Waals surface area contributed by atoms with Crippen molar-refractivity contribution in [1.82, 2.24) is 15.6 Å². The molecule has 0 saturated carbocycles. The first kappa shape index (κ1) is 21.4. The minimum absolute atomic E-state index is 0.189. The molecule has 0 aliphatic heterocycles. The van der Waals surface area contributed by atoms with Gasteiger partial charge in [-0.2, -0.15) is 0 Å². The van der Waals surface area contributed by atoms with Crippen LogP contribution in [0.1, 0.15) is 40.8 Å². The van der Waals surface area contributed by atoms with Gasteiger partial charge in [0, 0.05) is 11.9 Å². The fourth-order valence-electron chi connectivity index (χ4n) is 2.18. The van der Waals surface area contributed by atoms with Crippen LogP contribution < -0.4 is 15.4 Å². The number of esters is 1. The maximum Gasteiger partial charge on any atom is 0.342 e. The molecular formula is C19H23N3O5S. The summed E-state index contributed by atoms with van der Waals surface area (Å²) in [7, 11) is 0. The topological polar surface area (TPSA) is 107 Å². The van der Waals surface area contributed by atoms with Crippen LogP contribution >= 0.6 is 11.3 Å². The highest BCUT2D eigenvalue weighted by atomic mass is 32.1. The highest BCUT2D eigenvalue weighted by molar-refractivity contribution is 7.09. The summed E-state index contributed by atoms with van der Waals surface area (Å²) in [5.41, 5.74) is 0.953. The first-order chi connectivity index (χ1) is 13.5. The van der Waals surface area contributed by atoms with Gasteiger partial charge in [-0.05, 0) is 25.5 Å². The van der Waals surface area contributed by atoms with Crippen LogP contribution in [0, 0.1) is 6.92 Å². The number of carbonyl (C=O) groups excluding carboxylic acids is 3. The number of ether oxygens (including phenoxy) is 2. The molecule has 0 atom stereocenters. The molecule has 8 nitrogen and oxygen atoms in total. The van der Waals surface area contributed by atoms with Crippen molar-refractivity contribution in [1.29, 1.82) is 0 Å². The Balaban J connectivity index is 1.84. The molecule has 150 valence electrons. The number of unbranched alkanes of at least 4 members (excludes halogenated alkanes) is 1. The van der Waals surface area contributed by atoms with Crippen molar-refractivity contribution in [2.24, 2.45) is 0 Å². The number of amides is 3. The normalized spacial score (nSPS) is 10.2. The second-order valence-corrected chi connectivity index (χ2v) is 6.94. The molecule has 9 heteroatoms. The van der Waals surface area contributed by atoms with Gasteiger partial charge in [0.15, 0.2) is 6.61 Å². The van der Waals surface area contributed by atoms with Crippen molar-refractivity contribution in [2.45, 2.75) is 33.3 Å². The van der Waals surface area contributed by atoms with Crippen LogP contribution in [0.4, 0.5) is 4.79 Å². The van der Waals surface area contributed by atoms with E-state index in [-0.39, 0.29) is 12.2 Å². The number of nitrogens with one attached hydrogen (secondary N) is 2. The van der Waals surface area contributed by atoms with Gasteiger partial charge < -0.3 is 14.8 Å². The third kappa shape index (κ3) is 6.99. The Morgan fingerprint density at radius 2 is 2.00 bits per heavy atom. The van der Waals surface area contributed by atoms with Crippen molar-refractivity contribution < 1.29 is 23.9 Å². The van der Waals surface area contributed by atoms with Gasteiger partial charge in [-0.25, -0.2) is 14.6 Å². The lowest BCUT2D eigenvalue weighted by Crippen LogP contribution is -2.41. The molecule has 0 unspecified atom stereocenters. The van der Waals surface area contributed by atoms with Gasteiger partial charge >= 0.3 is 12.0 Å². The summed E-state index contributed by atoms with van der Waals surface area (Å²) in [6.07, 6.45) is 1.74. The van der Waals surface area contributed by atoms with E-state index in [1.54, 1.807) is 24.3 Å². The predicted molar refractivity (Wildman–Crippen MR) is 104 cm³/mol. The monoisotopic (exact) mass is 405 g/mol. The molecule has 0 fully saturated rings. The lowest BCUT2D eigenvalue weighted by atomic mass is 10.2. The van der Waals surface area contributed by atoms with E-state index < -0.39 is 24.5 Å². The average Bonchev–Trinajstić information content (AvgIpc) is 3.10. The second kappa shape index (κ2) is 11.0. The van der Waals surface area contributed by atoms with E-state index in [0.717, 1.165) is 23.5 Å². The van der Waals surface area contributed by atoms with E-state index >= 15 is 0 Å². The highest BCUT2D eigenvalue weighted by Gasteiger charge is 2.16. The number of hydrogen-bond acceptors (Lipinski definition) is 7. The number of imide groups is 1. The Bertz CT molecular complexity index is 821. The maximum absolute atomic E-state index is 12.3. The molecule has 1 aromatic heterocycles. The fraction of sp³-hybridized carbons (Fsp3) is 0.368. The Morgan fingerprint density at radius 1 is 1.21 bits per heavy atom. The van der Waals surface area contributed by atoms with Crippen molar-refractivity contribution in [3.05, 3.63) is 45.9 Å². The maximum atomic E-state index is 12.3. The SMILES string of the molecule is CCCCNC(=O)NC(=O)COC(=O)c1ccccc1OCc1csc(C)n1. The lowest BCUT2D eigenvalue weighted by Gasteiger charge is -2.10. The summed E-state index contributed by atoms with van der Waals surface area (Å²) < 4.78 is 10.7. The zero-order valence-electron chi connectivity index (χ0n) is 15.8. The van der Waals surface area contributed by atoms with Crippen molar-refractivity contribution in [2.75, 3.05) is 13.2 Å². The number of thiazole rings is 1. The number of rotatable bonds is 9. The molecule has 3 amide bonds. The fourth-order valence-corrected chi connectivity index (χ4v) is 2.78. The Morgan fingerprint density at radius 3 is 2.71 bits per heavy atom. The van der Waals surface area contributed by atoms with Gasteiger partial charge in [-0.3, -0.25) is 10.1 Å². The molecule has 2 aromatic rings. The molecule has 0 saturated heterocycles. The molecule has 0 aliphatic rings. The van der Waals surface area contributed by atoms with Gasteiger partial charge in [-0.15, -0.1) is 11.3 Å². The van der Waals surface area contributed by atoms with Crippen LogP contribution in [0.3, 0.4) is 0 Å². The van der Waals surface area contributed by atoms with E-state index in [1.165, 1.54) is 11.3 Å². The third-order valence-corrected chi connectivity index (χ3v) is 4.37. The number of benzene rings is 1. The molecule has 0 bridgehead atoms. The van der Waals surface area contributed by atoms with Crippen LogP contribution in [-0.2, 0) is 16.1 Å².